The summed E-state index contributed by atoms with van der Waals surface area (Å²) in [6, 6.07) is 5.55. The maximum Gasteiger partial charge on any atom is 0.153 e. The number of para-hydroxylation sites is 1. The monoisotopic (exact) mass is 277 g/mol. The smallest absolute Gasteiger partial charge is 0.153 e. The van der Waals surface area contributed by atoms with Crippen LogP contribution in [0, 0.1) is 6.92 Å². The van der Waals surface area contributed by atoms with Gasteiger partial charge in [-0.15, -0.1) is 0 Å². The Kier molecular flexibility index (Phi) is 3.47. The molecule has 1 aromatic heterocycles. The summed E-state index contributed by atoms with van der Waals surface area (Å²) >= 11 is 6.27. The third-order valence-corrected chi connectivity index (χ3v) is 3.28. The molecule has 5 heteroatoms. The number of carbonyl (C=O) groups excluding carboxylic acids is 1. The number of hydrogen-bond donors (Lipinski definition) is 1. The number of rotatable bonds is 3. The third kappa shape index (κ3) is 2.55. The van der Waals surface area contributed by atoms with Crippen molar-refractivity contribution in [2.24, 2.45) is 5.73 Å². The van der Waals surface area contributed by atoms with Crippen molar-refractivity contribution in [2.75, 3.05) is 0 Å². The van der Waals surface area contributed by atoms with Gasteiger partial charge in [0.15, 0.2) is 6.29 Å². The van der Waals surface area contributed by atoms with E-state index in [1.165, 1.54) is 0 Å². The predicted molar refractivity (Wildman–Crippen MR) is 75.9 cm³/mol. The normalized spacial score (nSPS) is 11.6. The van der Waals surface area contributed by atoms with Crippen LogP contribution >= 0.6 is 11.6 Å². The van der Waals surface area contributed by atoms with Crippen LogP contribution in [0.25, 0.3) is 5.69 Å². The molecule has 0 aliphatic carbocycles. The van der Waals surface area contributed by atoms with E-state index in [9.17, 15) is 4.79 Å². The number of halogens is 1. The number of aryl methyl sites for hydroxylation is 1. The molecule has 2 aromatic rings. The molecule has 0 saturated heterocycles. The van der Waals surface area contributed by atoms with Crippen molar-refractivity contribution < 1.29 is 4.79 Å². The van der Waals surface area contributed by atoms with E-state index < -0.39 is 5.54 Å². The van der Waals surface area contributed by atoms with Crippen molar-refractivity contribution in [1.29, 1.82) is 0 Å². The molecule has 1 aromatic carbocycles. The fourth-order valence-electron chi connectivity index (χ4n) is 1.97. The lowest BCUT2D eigenvalue weighted by Crippen LogP contribution is -2.30. The highest BCUT2D eigenvalue weighted by molar-refractivity contribution is 6.32. The van der Waals surface area contributed by atoms with Gasteiger partial charge in [0.25, 0.3) is 0 Å². The first kappa shape index (κ1) is 13.8. The van der Waals surface area contributed by atoms with Gasteiger partial charge in [-0.05, 0) is 32.4 Å². The largest absolute Gasteiger partial charge is 0.322 e. The van der Waals surface area contributed by atoms with E-state index in [1.807, 2.05) is 26.0 Å². The van der Waals surface area contributed by atoms with Crippen LogP contribution in [0.4, 0.5) is 0 Å². The van der Waals surface area contributed by atoms with Gasteiger partial charge in [-0.2, -0.15) is 5.10 Å². The quantitative estimate of drug-likeness (QED) is 0.878. The second-order valence-electron chi connectivity index (χ2n) is 5.09. The fourth-order valence-corrected chi connectivity index (χ4v) is 2.23. The van der Waals surface area contributed by atoms with Crippen LogP contribution in [0.3, 0.4) is 0 Å². The van der Waals surface area contributed by atoms with Gasteiger partial charge in [0.05, 0.1) is 22.0 Å². The highest BCUT2D eigenvalue weighted by atomic mass is 35.5. The molecular formula is C14H16ClN3O. The Morgan fingerprint density at radius 2 is 2.11 bits per heavy atom. The van der Waals surface area contributed by atoms with Crippen LogP contribution in [0.5, 0.6) is 0 Å². The molecule has 0 radical (unpaired) electrons. The minimum atomic E-state index is -0.554. The zero-order valence-corrected chi connectivity index (χ0v) is 11.9. The Morgan fingerprint density at radius 3 is 2.63 bits per heavy atom. The van der Waals surface area contributed by atoms with Gasteiger partial charge in [0, 0.05) is 11.7 Å². The van der Waals surface area contributed by atoms with Gasteiger partial charge in [-0.25, -0.2) is 4.68 Å². The van der Waals surface area contributed by atoms with E-state index in [-0.39, 0.29) is 0 Å². The summed E-state index contributed by atoms with van der Waals surface area (Å²) in [7, 11) is 0. The summed E-state index contributed by atoms with van der Waals surface area (Å²) in [4.78, 5) is 10.9. The summed E-state index contributed by atoms with van der Waals surface area (Å²) in [5, 5.41) is 4.88. The third-order valence-electron chi connectivity index (χ3n) is 2.97. The molecule has 0 aliphatic heterocycles. The first-order valence-corrected chi connectivity index (χ1v) is 6.32. The molecule has 0 aliphatic rings. The average Bonchev–Trinajstić information content (AvgIpc) is 2.68. The average molecular weight is 278 g/mol. The lowest BCUT2D eigenvalue weighted by atomic mass is 9.94. The Labute approximate surface area is 117 Å². The van der Waals surface area contributed by atoms with Crippen molar-refractivity contribution in [3.8, 4) is 5.69 Å². The topological polar surface area (TPSA) is 60.9 Å². The van der Waals surface area contributed by atoms with Gasteiger partial charge in [0.1, 0.15) is 0 Å². The predicted octanol–water partition coefficient (Wildman–Crippen LogP) is 2.84. The second-order valence-corrected chi connectivity index (χ2v) is 5.50. The summed E-state index contributed by atoms with van der Waals surface area (Å²) in [6.45, 7) is 5.59. The van der Waals surface area contributed by atoms with Crippen LogP contribution in [-0.4, -0.2) is 16.1 Å². The first-order chi connectivity index (χ1) is 8.84. The van der Waals surface area contributed by atoms with Crippen LogP contribution in [-0.2, 0) is 5.54 Å². The zero-order valence-electron chi connectivity index (χ0n) is 11.1. The van der Waals surface area contributed by atoms with E-state index in [4.69, 9.17) is 17.3 Å². The van der Waals surface area contributed by atoms with Crippen molar-refractivity contribution in [2.45, 2.75) is 26.3 Å². The van der Waals surface area contributed by atoms with Crippen molar-refractivity contribution in [3.05, 3.63) is 46.2 Å². The molecule has 1 heterocycles. The number of carbonyl (C=O) groups is 1. The molecular weight excluding hydrogens is 262 g/mol. The molecule has 0 spiro atoms. The van der Waals surface area contributed by atoms with E-state index in [0.717, 1.165) is 11.8 Å². The molecule has 19 heavy (non-hydrogen) atoms. The Hall–Kier alpha value is -1.65. The first-order valence-electron chi connectivity index (χ1n) is 5.94. The molecule has 4 nitrogen and oxygen atoms in total. The zero-order chi connectivity index (χ0) is 14.2. The molecule has 0 unspecified atom stereocenters. The maximum absolute atomic E-state index is 10.9. The Balaban J connectivity index is 2.70. The molecule has 2 N–H and O–H groups in total. The summed E-state index contributed by atoms with van der Waals surface area (Å²) in [5.41, 5.74) is 8.41. The van der Waals surface area contributed by atoms with Crippen LogP contribution in [0.1, 0.15) is 35.5 Å². The summed E-state index contributed by atoms with van der Waals surface area (Å²) in [6.07, 6.45) is 2.45. The fraction of sp³-hybridized carbons (Fsp3) is 0.286. The van der Waals surface area contributed by atoms with E-state index in [1.54, 1.807) is 23.9 Å². The van der Waals surface area contributed by atoms with Gasteiger partial charge < -0.3 is 5.73 Å². The Morgan fingerprint density at radius 1 is 1.42 bits per heavy atom. The van der Waals surface area contributed by atoms with Crippen LogP contribution in [0.2, 0.25) is 5.02 Å². The van der Waals surface area contributed by atoms with Crippen molar-refractivity contribution in [1.82, 2.24) is 9.78 Å². The van der Waals surface area contributed by atoms with E-state index in [2.05, 4.69) is 5.10 Å². The SMILES string of the molecule is Cc1nn(-c2c(Cl)cccc2C(C)(C)N)cc1C=O. The number of hydrogen-bond acceptors (Lipinski definition) is 3. The summed E-state index contributed by atoms with van der Waals surface area (Å²) in [5.74, 6) is 0. The number of nitrogens with zero attached hydrogens (tertiary/aromatic N) is 2. The van der Waals surface area contributed by atoms with Gasteiger partial charge in [-0.1, -0.05) is 23.7 Å². The van der Waals surface area contributed by atoms with E-state index >= 15 is 0 Å². The van der Waals surface area contributed by atoms with Crippen LogP contribution < -0.4 is 5.73 Å². The molecule has 2 rings (SSSR count). The van der Waals surface area contributed by atoms with E-state index in [0.29, 0.717) is 22.0 Å². The highest BCUT2D eigenvalue weighted by Crippen LogP contribution is 2.30. The number of aromatic nitrogens is 2. The molecule has 0 bridgehead atoms. The Bertz CT molecular complexity index is 626. The van der Waals surface area contributed by atoms with Gasteiger partial charge in [0.2, 0.25) is 0 Å². The maximum atomic E-state index is 10.9. The minimum absolute atomic E-state index is 0.542. The minimum Gasteiger partial charge on any atom is -0.322 e. The lowest BCUT2D eigenvalue weighted by molar-refractivity contribution is 0.112. The van der Waals surface area contributed by atoms with Crippen LogP contribution in [0.15, 0.2) is 24.4 Å². The summed E-state index contributed by atoms with van der Waals surface area (Å²) < 4.78 is 1.62. The molecule has 100 valence electrons. The van der Waals surface area contributed by atoms with Crippen molar-refractivity contribution in [3.63, 3.8) is 0 Å². The van der Waals surface area contributed by atoms with Crippen molar-refractivity contribution >= 4 is 17.9 Å². The number of nitrogens with two attached hydrogens (primary N) is 1. The molecule has 0 amide bonds. The highest BCUT2D eigenvalue weighted by Gasteiger charge is 2.22. The molecule has 0 atom stereocenters. The lowest BCUT2D eigenvalue weighted by Gasteiger charge is -2.23. The molecule has 0 fully saturated rings. The van der Waals surface area contributed by atoms with Gasteiger partial charge >= 0.3 is 0 Å². The standard InChI is InChI=1S/C14H16ClN3O/c1-9-10(8-19)7-18(17-9)13-11(14(2,3)16)5-4-6-12(13)15/h4-8H,16H2,1-3H3. The molecule has 0 saturated carbocycles. The number of benzene rings is 1. The number of aldehydes is 1. The second kappa shape index (κ2) is 4.79. The van der Waals surface area contributed by atoms with Gasteiger partial charge in [-0.3, -0.25) is 4.79 Å².